The SMILES string of the molecule is CCNc1cc(NC(C2CC2)C2CC2)ccn1. The molecule has 2 aliphatic carbocycles. The van der Waals surface area contributed by atoms with Crippen LogP contribution in [0.15, 0.2) is 18.3 Å². The van der Waals surface area contributed by atoms with E-state index in [-0.39, 0.29) is 0 Å². The maximum absolute atomic E-state index is 4.31. The van der Waals surface area contributed by atoms with Gasteiger partial charge in [0.15, 0.2) is 0 Å². The van der Waals surface area contributed by atoms with Crippen molar-refractivity contribution in [1.29, 1.82) is 0 Å². The van der Waals surface area contributed by atoms with E-state index in [2.05, 4.69) is 34.7 Å². The van der Waals surface area contributed by atoms with Gasteiger partial charge < -0.3 is 10.6 Å². The van der Waals surface area contributed by atoms with Gasteiger partial charge in [0.1, 0.15) is 5.82 Å². The second-order valence-electron chi connectivity index (χ2n) is 5.31. The van der Waals surface area contributed by atoms with Crippen LogP contribution in [0.5, 0.6) is 0 Å². The number of nitrogens with one attached hydrogen (secondary N) is 2. The molecule has 1 aromatic heterocycles. The molecule has 2 saturated carbocycles. The quantitative estimate of drug-likeness (QED) is 0.790. The van der Waals surface area contributed by atoms with Crippen LogP contribution in [0.3, 0.4) is 0 Å². The minimum absolute atomic E-state index is 0.715. The second kappa shape index (κ2) is 4.55. The van der Waals surface area contributed by atoms with Crippen molar-refractivity contribution < 1.29 is 0 Å². The van der Waals surface area contributed by atoms with Crippen molar-refractivity contribution in [2.45, 2.75) is 38.6 Å². The number of aromatic nitrogens is 1. The van der Waals surface area contributed by atoms with Gasteiger partial charge in [-0.2, -0.15) is 0 Å². The molecule has 3 heteroatoms. The molecule has 0 radical (unpaired) electrons. The van der Waals surface area contributed by atoms with Crippen molar-refractivity contribution in [2.24, 2.45) is 11.8 Å². The van der Waals surface area contributed by atoms with Crippen molar-refractivity contribution >= 4 is 11.5 Å². The molecule has 92 valence electrons. The molecule has 0 amide bonds. The number of hydrogen-bond donors (Lipinski definition) is 2. The van der Waals surface area contributed by atoms with E-state index in [1.54, 1.807) is 0 Å². The summed E-state index contributed by atoms with van der Waals surface area (Å²) in [4.78, 5) is 4.31. The molecule has 0 unspecified atom stereocenters. The van der Waals surface area contributed by atoms with Gasteiger partial charge in [-0.1, -0.05) is 0 Å². The summed E-state index contributed by atoms with van der Waals surface area (Å²) in [6.07, 6.45) is 7.55. The maximum atomic E-state index is 4.31. The van der Waals surface area contributed by atoms with Gasteiger partial charge in [-0.05, 0) is 50.5 Å². The van der Waals surface area contributed by atoms with Crippen molar-refractivity contribution in [2.75, 3.05) is 17.2 Å². The fourth-order valence-electron chi connectivity index (χ4n) is 2.52. The topological polar surface area (TPSA) is 37.0 Å². The Morgan fingerprint density at radius 2 is 2.00 bits per heavy atom. The van der Waals surface area contributed by atoms with Crippen molar-refractivity contribution in [3.8, 4) is 0 Å². The first-order chi connectivity index (χ1) is 8.36. The molecule has 1 heterocycles. The van der Waals surface area contributed by atoms with Crippen LogP contribution in [0, 0.1) is 11.8 Å². The summed E-state index contributed by atoms with van der Waals surface area (Å²) < 4.78 is 0. The Kier molecular flexibility index (Phi) is 2.91. The number of hydrogen-bond acceptors (Lipinski definition) is 3. The minimum Gasteiger partial charge on any atom is -0.382 e. The van der Waals surface area contributed by atoms with E-state index in [9.17, 15) is 0 Å². The van der Waals surface area contributed by atoms with E-state index in [1.165, 1.54) is 31.4 Å². The molecule has 0 aliphatic heterocycles. The number of nitrogens with zero attached hydrogens (tertiary/aromatic N) is 1. The molecule has 17 heavy (non-hydrogen) atoms. The van der Waals surface area contributed by atoms with E-state index in [0.717, 1.165) is 24.2 Å². The van der Waals surface area contributed by atoms with Gasteiger partial charge in [0.25, 0.3) is 0 Å². The lowest BCUT2D eigenvalue weighted by Gasteiger charge is -2.19. The molecule has 1 aromatic rings. The van der Waals surface area contributed by atoms with Crippen molar-refractivity contribution in [3.05, 3.63) is 18.3 Å². The highest BCUT2D eigenvalue weighted by Crippen LogP contribution is 2.45. The third-order valence-electron chi connectivity index (χ3n) is 3.71. The first kappa shape index (κ1) is 10.9. The zero-order chi connectivity index (χ0) is 11.7. The number of pyridine rings is 1. The zero-order valence-corrected chi connectivity index (χ0v) is 10.4. The van der Waals surface area contributed by atoms with Gasteiger partial charge >= 0.3 is 0 Å². The Bertz CT molecular complexity index is 371. The smallest absolute Gasteiger partial charge is 0.127 e. The van der Waals surface area contributed by atoms with Gasteiger partial charge in [-0.25, -0.2) is 4.98 Å². The van der Waals surface area contributed by atoms with E-state index in [4.69, 9.17) is 0 Å². The van der Waals surface area contributed by atoms with Crippen molar-refractivity contribution in [3.63, 3.8) is 0 Å². The standard InChI is InChI=1S/C14H21N3/c1-2-15-13-9-12(7-8-16-13)17-14(10-3-4-10)11-5-6-11/h7-11,14H,2-6H2,1H3,(H2,15,16,17). The molecule has 0 bridgehead atoms. The van der Waals surface area contributed by atoms with Gasteiger partial charge in [-0.3, -0.25) is 0 Å². The highest BCUT2D eigenvalue weighted by molar-refractivity contribution is 5.52. The van der Waals surface area contributed by atoms with Gasteiger partial charge in [0.2, 0.25) is 0 Å². The van der Waals surface area contributed by atoms with E-state index >= 15 is 0 Å². The zero-order valence-electron chi connectivity index (χ0n) is 10.4. The molecule has 3 rings (SSSR count). The summed E-state index contributed by atoms with van der Waals surface area (Å²) >= 11 is 0. The molecule has 2 N–H and O–H groups in total. The van der Waals surface area contributed by atoms with Gasteiger partial charge in [-0.15, -0.1) is 0 Å². The minimum atomic E-state index is 0.715. The summed E-state index contributed by atoms with van der Waals surface area (Å²) in [7, 11) is 0. The number of rotatable bonds is 6. The van der Waals surface area contributed by atoms with E-state index < -0.39 is 0 Å². The molecule has 3 nitrogen and oxygen atoms in total. The Labute approximate surface area is 103 Å². The van der Waals surface area contributed by atoms with Crippen LogP contribution in [0.2, 0.25) is 0 Å². The molecule has 2 aliphatic rings. The Morgan fingerprint density at radius 1 is 1.29 bits per heavy atom. The molecule has 2 fully saturated rings. The normalized spacial score (nSPS) is 19.4. The predicted octanol–water partition coefficient (Wildman–Crippen LogP) is 3.11. The lowest BCUT2D eigenvalue weighted by Crippen LogP contribution is -2.24. The Balaban J connectivity index is 1.67. The van der Waals surface area contributed by atoms with Crippen molar-refractivity contribution in [1.82, 2.24) is 4.98 Å². The van der Waals surface area contributed by atoms with Crippen LogP contribution in [0.4, 0.5) is 11.5 Å². The largest absolute Gasteiger partial charge is 0.382 e. The summed E-state index contributed by atoms with van der Waals surface area (Å²) in [5.74, 6) is 2.83. The summed E-state index contributed by atoms with van der Waals surface area (Å²) in [5, 5.41) is 6.98. The third-order valence-corrected chi connectivity index (χ3v) is 3.71. The molecule has 0 spiro atoms. The highest BCUT2D eigenvalue weighted by atomic mass is 15.0. The Hall–Kier alpha value is -1.25. The average molecular weight is 231 g/mol. The fourth-order valence-corrected chi connectivity index (χ4v) is 2.52. The maximum Gasteiger partial charge on any atom is 0.127 e. The molecular formula is C14H21N3. The molecule has 0 aromatic carbocycles. The van der Waals surface area contributed by atoms with Crippen LogP contribution in [0.1, 0.15) is 32.6 Å². The van der Waals surface area contributed by atoms with Gasteiger partial charge in [0, 0.05) is 30.5 Å². The average Bonchev–Trinajstić information content (AvgIpc) is 3.19. The van der Waals surface area contributed by atoms with Crippen LogP contribution in [-0.2, 0) is 0 Å². The van der Waals surface area contributed by atoms with E-state index in [0.29, 0.717) is 6.04 Å². The summed E-state index contributed by atoms with van der Waals surface area (Å²) in [6.45, 7) is 3.02. The first-order valence-corrected chi connectivity index (χ1v) is 6.83. The molecule has 0 saturated heterocycles. The summed E-state index contributed by atoms with van der Waals surface area (Å²) in [5.41, 5.74) is 1.22. The fraction of sp³-hybridized carbons (Fsp3) is 0.643. The van der Waals surface area contributed by atoms with Gasteiger partial charge in [0.05, 0.1) is 0 Å². The van der Waals surface area contributed by atoms with Crippen LogP contribution in [-0.4, -0.2) is 17.6 Å². The van der Waals surface area contributed by atoms with Crippen LogP contribution < -0.4 is 10.6 Å². The third kappa shape index (κ3) is 2.71. The van der Waals surface area contributed by atoms with Crippen LogP contribution >= 0.6 is 0 Å². The van der Waals surface area contributed by atoms with Crippen LogP contribution in [0.25, 0.3) is 0 Å². The monoisotopic (exact) mass is 231 g/mol. The lowest BCUT2D eigenvalue weighted by molar-refractivity contribution is 0.568. The highest BCUT2D eigenvalue weighted by Gasteiger charge is 2.41. The van der Waals surface area contributed by atoms with E-state index in [1.807, 2.05) is 6.20 Å². The number of anilines is 2. The predicted molar refractivity (Wildman–Crippen MR) is 71.3 cm³/mol. The molecular weight excluding hydrogens is 210 g/mol. The second-order valence-corrected chi connectivity index (χ2v) is 5.31. The lowest BCUT2D eigenvalue weighted by atomic mass is 10.1. The molecule has 0 atom stereocenters. The first-order valence-electron chi connectivity index (χ1n) is 6.83. The Morgan fingerprint density at radius 3 is 2.59 bits per heavy atom. The summed E-state index contributed by atoms with van der Waals surface area (Å²) in [6, 6.07) is 4.92.